The predicted molar refractivity (Wildman–Crippen MR) is 108 cm³/mol. The zero-order valence-corrected chi connectivity index (χ0v) is 16.9. The van der Waals surface area contributed by atoms with Gasteiger partial charge in [-0.3, -0.25) is 9.59 Å². The van der Waals surface area contributed by atoms with Crippen molar-refractivity contribution < 1.29 is 9.59 Å². The van der Waals surface area contributed by atoms with E-state index in [2.05, 4.69) is 38.9 Å². The molecule has 1 aromatic rings. The van der Waals surface area contributed by atoms with E-state index in [4.69, 9.17) is 0 Å². The van der Waals surface area contributed by atoms with Crippen molar-refractivity contribution in [3.8, 4) is 0 Å². The molecule has 2 bridgehead atoms. The first-order chi connectivity index (χ1) is 13.6. The van der Waals surface area contributed by atoms with Crippen LogP contribution in [0.2, 0.25) is 0 Å². The second-order valence-electron chi connectivity index (χ2n) is 9.72. The second-order valence-corrected chi connectivity index (χ2v) is 9.72. The molecule has 4 heterocycles. The maximum absolute atomic E-state index is 13.5. The Balaban J connectivity index is 1.31. The van der Waals surface area contributed by atoms with Gasteiger partial charge < -0.3 is 14.4 Å². The van der Waals surface area contributed by atoms with E-state index in [1.807, 2.05) is 0 Å². The van der Waals surface area contributed by atoms with E-state index < -0.39 is 0 Å². The molecule has 152 valence electrons. The van der Waals surface area contributed by atoms with Crippen LogP contribution >= 0.6 is 0 Å². The first-order valence-electron chi connectivity index (χ1n) is 11.4. The van der Waals surface area contributed by atoms with Gasteiger partial charge in [-0.05, 0) is 56.1 Å². The van der Waals surface area contributed by atoms with Crippen LogP contribution in [-0.4, -0.2) is 51.9 Å². The lowest BCUT2D eigenvalue weighted by Crippen LogP contribution is -2.61. The minimum absolute atomic E-state index is 0.0295. The summed E-state index contributed by atoms with van der Waals surface area (Å²) in [5, 5.41) is 0. The number of amides is 2. The molecule has 4 aliphatic rings. The number of fused-ring (bicyclic) bond motifs is 4. The first kappa shape index (κ1) is 18.3. The number of hydrogen-bond donors (Lipinski definition) is 0. The van der Waals surface area contributed by atoms with Crippen LogP contribution in [0.15, 0.2) is 24.5 Å². The molecular weight excluding hydrogens is 350 g/mol. The van der Waals surface area contributed by atoms with Gasteiger partial charge in [0.25, 0.3) is 0 Å². The molecule has 0 spiro atoms. The third kappa shape index (κ3) is 3.17. The Morgan fingerprint density at radius 2 is 1.82 bits per heavy atom. The van der Waals surface area contributed by atoms with Gasteiger partial charge in [-0.25, -0.2) is 0 Å². The minimum atomic E-state index is -0.0295. The molecule has 5 heteroatoms. The molecule has 3 atom stereocenters. The van der Waals surface area contributed by atoms with Gasteiger partial charge in [0, 0.05) is 44.5 Å². The zero-order valence-electron chi connectivity index (χ0n) is 16.9. The lowest BCUT2D eigenvalue weighted by atomic mass is 9.75. The Morgan fingerprint density at radius 3 is 2.61 bits per heavy atom. The van der Waals surface area contributed by atoms with E-state index in [1.165, 1.54) is 25.7 Å². The summed E-state index contributed by atoms with van der Waals surface area (Å²) in [5.41, 5.74) is -0.0295. The lowest BCUT2D eigenvalue weighted by Gasteiger charge is -2.52. The predicted octanol–water partition coefficient (Wildman–Crippen LogP) is 3.40. The smallest absolute Gasteiger partial charge is 0.224 e. The molecule has 1 aromatic heterocycles. The summed E-state index contributed by atoms with van der Waals surface area (Å²) >= 11 is 0. The normalized spacial score (nSPS) is 32.1. The van der Waals surface area contributed by atoms with Gasteiger partial charge in [0.05, 0.1) is 12.0 Å². The van der Waals surface area contributed by atoms with Crippen LogP contribution in [0.5, 0.6) is 0 Å². The van der Waals surface area contributed by atoms with Crippen LogP contribution < -0.4 is 0 Å². The van der Waals surface area contributed by atoms with E-state index in [1.54, 1.807) is 0 Å². The third-order valence-corrected chi connectivity index (χ3v) is 7.95. The van der Waals surface area contributed by atoms with Gasteiger partial charge in [-0.2, -0.15) is 0 Å². The van der Waals surface area contributed by atoms with Crippen molar-refractivity contribution in [1.82, 2.24) is 14.4 Å². The summed E-state index contributed by atoms with van der Waals surface area (Å²) < 4.78 is 2.32. The maximum atomic E-state index is 13.5. The zero-order chi connectivity index (χ0) is 19.1. The number of hydrogen-bond acceptors (Lipinski definition) is 2. The molecule has 28 heavy (non-hydrogen) atoms. The van der Waals surface area contributed by atoms with E-state index in [9.17, 15) is 9.59 Å². The minimum Gasteiger partial charge on any atom is -0.348 e. The molecule has 5 nitrogen and oxygen atoms in total. The molecule has 5 rings (SSSR count). The Bertz CT molecular complexity index is 722. The van der Waals surface area contributed by atoms with Gasteiger partial charge in [-0.1, -0.05) is 19.3 Å². The highest BCUT2D eigenvalue weighted by Crippen LogP contribution is 2.41. The first-order valence-corrected chi connectivity index (χ1v) is 11.4. The fourth-order valence-electron chi connectivity index (χ4n) is 6.59. The van der Waals surface area contributed by atoms with Crippen molar-refractivity contribution in [2.24, 2.45) is 11.8 Å². The standard InChI is InChI=1S/C23H33N3O2/c27-21-8-6-7-20-19-13-18(16-26(20)21)15-24(17-19)22(28)14-23(9-2-1-3-10-23)25-11-4-5-12-25/h4-5,11-12,18-20H,1-3,6-10,13-17H2/t18-,19+,20?/m1/s1. The molecule has 1 unspecified atom stereocenters. The summed E-state index contributed by atoms with van der Waals surface area (Å²) in [4.78, 5) is 30.1. The number of likely N-dealkylation sites (tertiary alicyclic amines) is 1. The highest BCUT2D eigenvalue weighted by atomic mass is 16.2. The summed E-state index contributed by atoms with van der Waals surface area (Å²) in [7, 11) is 0. The molecule has 4 fully saturated rings. The summed E-state index contributed by atoms with van der Waals surface area (Å²) in [6.07, 6.45) is 14.9. The monoisotopic (exact) mass is 383 g/mol. The van der Waals surface area contributed by atoms with Crippen molar-refractivity contribution >= 4 is 11.8 Å². The quantitative estimate of drug-likeness (QED) is 0.803. The number of carbonyl (C=O) groups excluding carboxylic acids is 2. The van der Waals surface area contributed by atoms with E-state index in [0.29, 0.717) is 36.1 Å². The maximum Gasteiger partial charge on any atom is 0.224 e. The van der Waals surface area contributed by atoms with Gasteiger partial charge in [-0.15, -0.1) is 0 Å². The number of rotatable bonds is 3. The number of piperidine rings is 3. The molecule has 0 radical (unpaired) electrons. The molecule has 3 aliphatic heterocycles. The molecule has 0 N–H and O–H groups in total. The summed E-state index contributed by atoms with van der Waals surface area (Å²) in [5.74, 6) is 1.63. The molecule has 2 amide bonds. The lowest BCUT2D eigenvalue weighted by molar-refractivity contribution is -0.149. The van der Waals surface area contributed by atoms with Crippen LogP contribution in [0, 0.1) is 11.8 Å². The van der Waals surface area contributed by atoms with Crippen molar-refractivity contribution in [3.05, 3.63) is 24.5 Å². The molecule has 1 saturated carbocycles. The SMILES string of the molecule is O=C(CC1(n2cccc2)CCCCC1)N1C[C@H]2C[C@@H](C1)C1CCCC(=O)N1C2. The topological polar surface area (TPSA) is 45.6 Å². The Hall–Kier alpha value is -1.78. The van der Waals surface area contributed by atoms with Crippen LogP contribution in [0.3, 0.4) is 0 Å². The molecule has 3 saturated heterocycles. The van der Waals surface area contributed by atoms with Gasteiger partial charge >= 0.3 is 0 Å². The average Bonchev–Trinajstić information content (AvgIpc) is 3.25. The highest BCUT2D eigenvalue weighted by molar-refractivity contribution is 5.79. The average molecular weight is 384 g/mol. The number of carbonyl (C=O) groups is 2. The number of aromatic nitrogens is 1. The van der Waals surface area contributed by atoms with Gasteiger partial charge in [0.15, 0.2) is 0 Å². The Kier molecular flexibility index (Phi) is 4.72. The van der Waals surface area contributed by atoms with Crippen molar-refractivity contribution in [2.75, 3.05) is 19.6 Å². The summed E-state index contributed by atoms with van der Waals surface area (Å²) in [6, 6.07) is 4.54. The molecule has 0 aromatic carbocycles. The Labute approximate surface area is 168 Å². The van der Waals surface area contributed by atoms with Gasteiger partial charge in [0.2, 0.25) is 11.8 Å². The third-order valence-electron chi connectivity index (χ3n) is 7.95. The van der Waals surface area contributed by atoms with E-state index >= 15 is 0 Å². The van der Waals surface area contributed by atoms with Crippen molar-refractivity contribution in [1.29, 1.82) is 0 Å². The number of nitrogens with zero attached hydrogens (tertiary/aromatic N) is 3. The van der Waals surface area contributed by atoms with E-state index in [-0.39, 0.29) is 5.54 Å². The fraction of sp³-hybridized carbons (Fsp3) is 0.739. The van der Waals surface area contributed by atoms with Crippen molar-refractivity contribution in [3.63, 3.8) is 0 Å². The fourth-order valence-corrected chi connectivity index (χ4v) is 6.59. The molecule has 1 aliphatic carbocycles. The van der Waals surface area contributed by atoms with Crippen LogP contribution in [0.4, 0.5) is 0 Å². The van der Waals surface area contributed by atoms with Crippen LogP contribution in [-0.2, 0) is 15.1 Å². The Morgan fingerprint density at radius 1 is 1.04 bits per heavy atom. The van der Waals surface area contributed by atoms with E-state index in [0.717, 1.165) is 51.7 Å². The van der Waals surface area contributed by atoms with Crippen molar-refractivity contribution in [2.45, 2.75) is 75.8 Å². The second kappa shape index (κ2) is 7.23. The van der Waals surface area contributed by atoms with Crippen LogP contribution in [0.25, 0.3) is 0 Å². The van der Waals surface area contributed by atoms with Crippen LogP contribution in [0.1, 0.15) is 64.2 Å². The molecular formula is C23H33N3O2. The summed E-state index contributed by atoms with van der Waals surface area (Å²) in [6.45, 7) is 2.56. The highest BCUT2D eigenvalue weighted by Gasteiger charge is 2.46. The largest absolute Gasteiger partial charge is 0.348 e. The van der Waals surface area contributed by atoms with Gasteiger partial charge in [0.1, 0.15) is 0 Å².